The van der Waals surface area contributed by atoms with Gasteiger partial charge in [-0.1, -0.05) is 19.1 Å². The molecule has 0 bridgehead atoms. The Morgan fingerprint density at radius 2 is 1.84 bits per heavy atom. The fourth-order valence-corrected chi connectivity index (χ4v) is 3.56. The third kappa shape index (κ3) is 3.05. The van der Waals surface area contributed by atoms with Crippen molar-refractivity contribution in [2.24, 2.45) is 5.92 Å². The highest BCUT2D eigenvalue weighted by Gasteiger charge is 2.22. The summed E-state index contributed by atoms with van der Waals surface area (Å²) in [6.45, 7) is 4.82. The van der Waals surface area contributed by atoms with E-state index in [1.807, 2.05) is 0 Å². The number of benzene rings is 1. The number of piperidine rings is 1. The van der Waals surface area contributed by atoms with E-state index in [2.05, 4.69) is 41.4 Å². The summed E-state index contributed by atoms with van der Waals surface area (Å²) in [5.41, 5.74) is 2.77. The van der Waals surface area contributed by atoms with Crippen molar-refractivity contribution in [2.75, 3.05) is 23.3 Å². The van der Waals surface area contributed by atoms with Gasteiger partial charge in [0.05, 0.1) is 11.4 Å². The number of nitrogens with one attached hydrogen (secondary N) is 1. The first-order chi connectivity index (χ1) is 9.33. The maximum atomic E-state index is 3.80. The SMILES string of the molecule is CC1CCC(Nc2ccccc2N2CCCCC2)C1. The Hall–Kier alpha value is -1.18. The number of anilines is 2. The molecule has 1 N–H and O–H groups in total. The Morgan fingerprint density at radius 1 is 1.05 bits per heavy atom. The van der Waals surface area contributed by atoms with Gasteiger partial charge in [0, 0.05) is 19.1 Å². The Kier molecular flexibility index (Phi) is 3.95. The van der Waals surface area contributed by atoms with E-state index in [9.17, 15) is 0 Å². The zero-order chi connectivity index (χ0) is 13.1. The highest BCUT2D eigenvalue weighted by Crippen LogP contribution is 2.32. The largest absolute Gasteiger partial charge is 0.381 e. The summed E-state index contributed by atoms with van der Waals surface area (Å²) in [7, 11) is 0. The summed E-state index contributed by atoms with van der Waals surface area (Å²) in [6.07, 6.45) is 8.11. The minimum atomic E-state index is 0.681. The molecule has 1 aliphatic heterocycles. The van der Waals surface area contributed by atoms with Crippen molar-refractivity contribution in [3.05, 3.63) is 24.3 Å². The summed E-state index contributed by atoms with van der Waals surface area (Å²) < 4.78 is 0. The molecule has 2 heteroatoms. The van der Waals surface area contributed by atoms with Crippen molar-refractivity contribution < 1.29 is 0 Å². The van der Waals surface area contributed by atoms with Gasteiger partial charge in [-0.2, -0.15) is 0 Å². The molecule has 0 spiro atoms. The Labute approximate surface area is 117 Å². The van der Waals surface area contributed by atoms with Gasteiger partial charge in [-0.25, -0.2) is 0 Å². The minimum Gasteiger partial charge on any atom is -0.381 e. The lowest BCUT2D eigenvalue weighted by atomic mass is 10.1. The predicted octanol–water partition coefficient (Wildman–Crippen LogP) is 4.28. The fourth-order valence-electron chi connectivity index (χ4n) is 3.56. The number of para-hydroxylation sites is 2. The van der Waals surface area contributed by atoms with E-state index in [0.29, 0.717) is 6.04 Å². The average Bonchev–Trinajstić information content (AvgIpc) is 2.86. The maximum Gasteiger partial charge on any atom is 0.0602 e. The summed E-state index contributed by atoms with van der Waals surface area (Å²) >= 11 is 0. The molecule has 19 heavy (non-hydrogen) atoms. The number of hydrogen-bond donors (Lipinski definition) is 1. The lowest BCUT2D eigenvalue weighted by Gasteiger charge is -2.31. The normalized spacial score (nSPS) is 27.5. The molecule has 1 heterocycles. The van der Waals surface area contributed by atoms with Crippen LogP contribution in [0.2, 0.25) is 0 Å². The standard InChI is InChI=1S/C17H26N2/c1-14-9-10-15(13-14)18-16-7-3-4-8-17(16)19-11-5-2-6-12-19/h3-4,7-8,14-15,18H,2,5-6,9-13H2,1H3. The van der Waals surface area contributed by atoms with Gasteiger partial charge in [0.1, 0.15) is 0 Å². The van der Waals surface area contributed by atoms with E-state index in [1.165, 1.54) is 63.0 Å². The summed E-state index contributed by atoms with van der Waals surface area (Å²) in [5, 5.41) is 3.80. The summed E-state index contributed by atoms with van der Waals surface area (Å²) in [4.78, 5) is 2.56. The third-order valence-corrected chi connectivity index (χ3v) is 4.66. The molecule has 2 atom stereocenters. The van der Waals surface area contributed by atoms with Crippen LogP contribution in [0.5, 0.6) is 0 Å². The quantitative estimate of drug-likeness (QED) is 0.870. The summed E-state index contributed by atoms with van der Waals surface area (Å²) in [6, 6.07) is 9.56. The van der Waals surface area contributed by atoms with Gasteiger partial charge in [-0.05, 0) is 56.6 Å². The molecule has 3 rings (SSSR count). The predicted molar refractivity (Wildman–Crippen MR) is 82.9 cm³/mol. The van der Waals surface area contributed by atoms with Crippen LogP contribution in [0.1, 0.15) is 45.4 Å². The second-order valence-corrected chi connectivity index (χ2v) is 6.32. The third-order valence-electron chi connectivity index (χ3n) is 4.66. The van der Waals surface area contributed by atoms with Crippen molar-refractivity contribution in [2.45, 2.75) is 51.5 Å². The molecule has 0 amide bonds. The van der Waals surface area contributed by atoms with Crippen molar-refractivity contribution >= 4 is 11.4 Å². The van der Waals surface area contributed by atoms with Crippen LogP contribution < -0.4 is 10.2 Å². The molecular formula is C17H26N2. The number of nitrogens with zero attached hydrogens (tertiary/aromatic N) is 1. The molecule has 0 aromatic heterocycles. The van der Waals surface area contributed by atoms with Gasteiger partial charge in [0.2, 0.25) is 0 Å². The molecule has 2 aliphatic rings. The van der Waals surface area contributed by atoms with Crippen LogP contribution in [0.3, 0.4) is 0 Å². The van der Waals surface area contributed by atoms with Gasteiger partial charge in [-0.3, -0.25) is 0 Å². The molecule has 1 saturated heterocycles. The molecule has 2 fully saturated rings. The molecule has 1 aliphatic carbocycles. The van der Waals surface area contributed by atoms with E-state index in [-0.39, 0.29) is 0 Å². The Bertz CT molecular complexity index is 409. The highest BCUT2D eigenvalue weighted by molar-refractivity contribution is 5.70. The van der Waals surface area contributed by atoms with E-state index in [4.69, 9.17) is 0 Å². The first-order valence-corrected chi connectivity index (χ1v) is 7.93. The van der Waals surface area contributed by atoms with Crippen LogP contribution >= 0.6 is 0 Å². The van der Waals surface area contributed by atoms with E-state index >= 15 is 0 Å². The summed E-state index contributed by atoms with van der Waals surface area (Å²) in [5.74, 6) is 0.889. The smallest absolute Gasteiger partial charge is 0.0602 e. The van der Waals surface area contributed by atoms with Gasteiger partial charge >= 0.3 is 0 Å². The molecule has 2 unspecified atom stereocenters. The van der Waals surface area contributed by atoms with Crippen molar-refractivity contribution in [1.82, 2.24) is 0 Å². The molecule has 104 valence electrons. The highest BCUT2D eigenvalue weighted by atomic mass is 15.2. The van der Waals surface area contributed by atoms with Crippen LogP contribution in [0.15, 0.2) is 24.3 Å². The van der Waals surface area contributed by atoms with Crippen molar-refractivity contribution in [1.29, 1.82) is 0 Å². The first-order valence-electron chi connectivity index (χ1n) is 7.93. The molecular weight excluding hydrogens is 232 g/mol. The molecule has 1 aromatic carbocycles. The molecule has 1 saturated carbocycles. The van der Waals surface area contributed by atoms with Crippen LogP contribution in [0, 0.1) is 5.92 Å². The van der Waals surface area contributed by atoms with E-state index in [0.717, 1.165) is 5.92 Å². The van der Waals surface area contributed by atoms with Crippen LogP contribution in [-0.2, 0) is 0 Å². The molecule has 0 radical (unpaired) electrons. The maximum absolute atomic E-state index is 3.80. The first kappa shape index (κ1) is 12.8. The van der Waals surface area contributed by atoms with Gasteiger partial charge in [0.15, 0.2) is 0 Å². The number of hydrogen-bond acceptors (Lipinski definition) is 2. The monoisotopic (exact) mass is 258 g/mol. The second-order valence-electron chi connectivity index (χ2n) is 6.32. The lowest BCUT2D eigenvalue weighted by molar-refractivity contribution is 0.577. The Morgan fingerprint density at radius 3 is 2.58 bits per heavy atom. The second kappa shape index (κ2) is 5.85. The van der Waals surface area contributed by atoms with Crippen molar-refractivity contribution in [3.63, 3.8) is 0 Å². The van der Waals surface area contributed by atoms with E-state index in [1.54, 1.807) is 0 Å². The topological polar surface area (TPSA) is 15.3 Å². The Balaban J connectivity index is 1.73. The van der Waals surface area contributed by atoms with Gasteiger partial charge < -0.3 is 10.2 Å². The van der Waals surface area contributed by atoms with Crippen molar-refractivity contribution in [3.8, 4) is 0 Å². The zero-order valence-corrected chi connectivity index (χ0v) is 12.1. The van der Waals surface area contributed by atoms with Gasteiger partial charge in [0.25, 0.3) is 0 Å². The van der Waals surface area contributed by atoms with Gasteiger partial charge in [-0.15, -0.1) is 0 Å². The minimum absolute atomic E-state index is 0.681. The van der Waals surface area contributed by atoms with E-state index < -0.39 is 0 Å². The molecule has 1 aromatic rings. The lowest BCUT2D eigenvalue weighted by Crippen LogP contribution is -2.30. The van der Waals surface area contributed by atoms with Crippen LogP contribution in [0.25, 0.3) is 0 Å². The zero-order valence-electron chi connectivity index (χ0n) is 12.1. The van der Waals surface area contributed by atoms with Crippen LogP contribution in [-0.4, -0.2) is 19.1 Å². The molecule has 2 nitrogen and oxygen atoms in total. The number of rotatable bonds is 3. The average molecular weight is 258 g/mol. The fraction of sp³-hybridized carbons (Fsp3) is 0.647. The van der Waals surface area contributed by atoms with Crippen LogP contribution in [0.4, 0.5) is 11.4 Å².